The summed E-state index contributed by atoms with van der Waals surface area (Å²) in [4.78, 5) is 44.9. The molecule has 1 aliphatic heterocycles. The van der Waals surface area contributed by atoms with Gasteiger partial charge in [0.15, 0.2) is 0 Å². The van der Waals surface area contributed by atoms with Gasteiger partial charge in [0.25, 0.3) is 17.4 Å². The summed E-state index contributed by atoms with van der Waals surface area (Å²) in [6, 6.07) is 19.8. The van der Waals surface area contributed by atoms with Crippen molar-refractivity contribution in [3.05, 3.63) is 105 Å². The van der Waals surface area contributed by atoms with Gasteiger partial charge < -0.3 is 0 Å². The molecular formula is C26H21N3O3. The SMILES string of the molecule is Cc1ccc(-n2c(CCN3C(=O)c4ccccc4C3=O)nc3ccccc3c2=O)cc1C. The quantitative estimate of drug-likeness (QED) is 0.468. The molecule has 1 aliphatic rings. The maximum atomic E-state index is 13.4. The van der Waals surface area contributed by atoms with Crippen LogP contribution in [0.5, 0.6) is 0 Å². The number of rotatable bonds is 4. The third kappa shape index (κ3) is 3.12. The first-order valence-corrected chi connectivity index (χ1v) is 10.5. The van der Waals surface area contributed by atoms with Crippen molar-refractivity contribution in [2.45, 2.75) is 20.3 Å². The molecule has 0 saturated carbocycles. The standard InChI is InChI=1S/C26H21N3O3/c1-16-11-12-18(15-17(16)2)29-23(27-22-10-6-5-9-21(22)26(29)32)13-14-28-24(30)19-7-3-4-8-20(19)25(28)31/h3-12,15H,13-14H2,1-2H3. The predicted octanol–water partition coefficient (Wildman–Crippen LogP) is 3.84. The number of nitrogens with zero attached hydrogens (tertiary/aromatic N) is 3. The highest BCUT2D eigenvalue weighted by Crippen LogP contribution is 2.23. The van der Waals surface area contributed by atoms with Crippen molar-refractivity contribution in [1.29, 1.82) is 0 Å². The van der Waals surface area contributed by atoms with E-state index in [9.17, 15) is 14.4 Å². The summed E-state index contributed by atoms with van der Waals surface area (Å²) in [5.74, 6) is -0.119. The molecule has 158 valence electrons. The molecule has 0 unspecified atom stereocenters. The van der Waals surface area contributed by atoms with Gasteiger partial charge in [0.1, 0.15) is 5.82 Å². The third-order valence-electron chi connectivity index (χ3n) is 6.03. The van der Waals surface area contributed by atoms with Crippen LogP contribution >= 0.6 is 0 Å². The molecule has 6 heteroatoms. The van der Waals surface area contributed by atoms with Crippen LogP contribution < -0.4 is 5.56 Å². The van der Waals surface area contributed by atoms with E-state index >= 15 is 0 Å². The van der Waals surface area contributed by atoms with Crippen LogP contribution in [0.2, 0.25) is 0 Å². The van der Waals surface area contributed by atoms with Crippen molar-refractivity contribution in [3.8, 4) is 5.69 Å². The number of para-hydroxylation sites is 1. The molecule has 0 bridgehead atoms. The molecule has 1 aromatic heterocycles. The molecule has 6 nitrogen and oxygen atoms in total. The molecule has 2 heterocycles. The van der Waals surface area contributed by atoms with Gasteiger partial charge in [0, 0.05) is 13.0 Å². The van der Waals surface area contributed by atoms with E-state index in [1.165, 1.54) is 4.90 Å². The van der Waals surface area contributed by atoms with Crippen molar-refractivity contribution in [3.63, 3.8) is 0 Å². The topological polar surface area (TPSA) is 72.3 Å². The number of aromatic nitrogens is 2. The van der Waals surface area contributed by atoms with Gasteiger partial charge in [-0.05, 0) is 61.4 Å². The van der Waals surface area contributed by atoms with Crippen LogP contribution in [0, 0.1) is 13.8 Å². The minimum absolute atomic E-state index is 0.141. The second kappa shape index (κ2) is 7.57. The Kier molecular flexibility index (Phi) is 4.70. The Balaban J connectivity index is 1.58. The first kappa shape index (κ1) is 19.9. The molecule has 5 rings (SSSR count). The van der Waals surface area contributed by atoms with Crippen molar-refractivity contribution in [2.24, 2.45) is 0 Å². The Morgan fingerprint density at radius 2 is 1.44 bits per heavy atom. The fourth-order valence-corrected chi connectivity index (χ4v) is 4.13. The molecule has 0 N–H and O–H groups in total. The Labute approximate surface area is 184 Å². The van der Waals surface area contributed by atoms with Crippen molar-refractivity contribution >= 4 is 22.7 Å². The predicted molar refractivity (Wildman–Crippen MR) is 122 cm³/mol. The molecule has 0 atom stereocenters. The van der Waals surface area contributed by atoms with Gasteiger partial charge in [-0.25, -0.2) is 4.98 Å². The van der Waals surface area contributed by atoms with Crippen LogP contribution in [-0.2, 0) is 6.42 Å². The molecule has 0 aliphatic carbocycles. The normalized spacial score (nSPS) is 13.1. The van der Waals surface area contributed by atoms with E-state index in [2.05, 4.69) is 0 Å². The third-order valence-corrected chi connectivity index (χ3v) is 6.03. The molecule has 0 saturated heterocycles. The Bertz CT molecular complexity index is 1430. The number of amides is 2. The Morgan fingerprint density at radius 3 is 2.12 bits per heavy atom. The zero-order valence-electron chi connectivity index (χ0n) is 17.8. The van der Waals surface area contributed by atoms with Gasteiger partial charge in [-0.1, -0.05) is 30.3 Å². The fraction of sp³-hybridized carbons (Fsp3) is 0.154. The smallest absolute Gasteiger partial charge is 0.265 e. The summed E-state index contributed by atoms with van der Waals surface area (Å²) in [5, 5.41) is 0.523. The molecule has 3 aromatic carbocycles. The number of imide groups is 1. The average molecular weight is 423 g/mol. The minimum atomic E-state index is -0.313. The van der Waals surface area contributed by atoms with Crippen molar-refractivity contribution < 1.29 is 9.59 Å². The van der Waals surface area contributed by atoms with Gasteiger partial charge >= 0.3 is 0 Å². The maximum absolute atomic E-state index is 13.4. The lowest BCUT2D eigenvalue weighted by Crippen LogP contribution is -2.33. The van der Waals surface area contributed by atoms with Gasteiger partial charge in [-0.15, -0.1) is 0 Å². The summed E-state index contributed by atoms with van der Waals surface area (Å²) in [7, 11) is 0. The van der Waals surface area contributed by atoms with Crippen molar-refractivity contribution in [1.82, 2.24) is 14.5 Å². The summed E-state index contributed by atoms with van der Waals surface area (Å²) in [6.07, 6.45) is 0.262. The first-order chi connectivity index (χ1) is 15.5. The monoisotopic (exact) mass is 423 g/mol. The first-order valence-electron chi connectivity index (χ1n) is 10.5. The van der Waals surface area contributed by atoms with Crippen LogP contribution in [0.25, 0.3) is 16.6 Å². The van der Waals surface area contributed by atoms with Gasteiger partial charge in [-0.2, -0.15) is 0 Å². The molecule has 0 spiro atoms. The number of fused-ring (bicyclic) bond motifs is 2. The molecule has 0 radical (unpaired) electrons. The number of hydrogen-bond acceptors (Lipinski definition) is 4. The van der Waals surface area contributed by atoms with E-state index in [0.29, 0.717) is 33.5 Å². The molecule has 0 fully saturated rings. The van der Waals surface area contributed by atoms with Crippen LogP contribution in [-0.4, -0.2) is 32.8 Å². The second-order valence-electron chi connectivity index (χ2n) is 8.01. The lowest BCUT2D eigenvalue weighted by Gasteiger charge is -2.18. The zero-order valence-corrected chi connectivity index (χ0v) is 17.8. The van der Waals surface area contributed by atoms with Crippen LogP contribution in [0.1, 0.15) is 37.7 Å². The van der Waals surface area contributed by atoms with Gasteiger partial charge in [-0.3, -0.25) is 23.9 Å². The van der Waals surface area contributed by atoms with Gasteiger partial charge in [0.2, 0.25) is 0 Å². The van der Waals surface area contributed by atoms with E-state index in [1.54, 1.807) is 41.0 Å². The average Bonchev–Trinajstić information content (AvgIpc) is 3.04. The Hall–Kier alpha value is -4.06. The number of aryl methyl sites for hydroxylation is 2. The summed E-state index contributed by atoms with van der Waals surface area (Å²) in [6.45, 7) is 4.16. The molecule has 2 amide bonds. The highest BCUT2D eigenvalue weighted by molar-refractivity contribution is 6.21. The molecular weight excluding hydrogens is 402 g/mol. The van der Waals surface area contributed by atoms with Crippen LogP contribution in [0.15, 0.2) is 71.5 Å². The van der Waals surface area contributed by atoms with E-state index in [4.69, 9.17) is 4.98 Å². The number of hydrogen-bond donors (Lipinski definition) is 0. The number of benzene rings is 3. The highest BCUT2D eigenvalue weighted by Gasteiger charge is 2.35. The van der Waals surface area contributed by atoms with E-state index < -0.39 is 0 Å². The Morgan fingerprint density at radius 1 is 0.781 bits per heavy atom. The lowest BCUT2D eigenvalue weighted by atomic mass is 10.1. The zero-order chi connectivity index (χ0) is 22.4. The molecule has 4 aromatic rings. The summed E-state index contributed by atoms with van der Waals surface area (Å²) in [5.41, 5.74) is 4.16. The van der Waals surface area contributed by atoms with Gasteiger partial charge in [0.05, 0.1) is 27.7 Å². The van der Waals surface area contributed by atoms with E-state index in [0.717, 1.165) is 11.1 Å². The fourth-order valence-electron chi connectivity index (χ4n) is 4.13. The van der Waals surface area contributed by atoms with Crippen molar-refractivity contribution in [2.75, 3.05) is 6.54 Å². The minimum Gasteiger partial charge on any atom is -0.274 e. The van der Waals surface area contributed by atoms with E-state index in [1.807, 2.05) is 44.2 Å². The van der Waals surface area contributed by atoms with Crippen LogP contribution in [0.3, 0.4) is 0 Å². The highest BCUT2D eigenvalue weighted by atomic mass is 16.2. The summed E-state index contributed by atoms with van der Waals surface area (Å²) < 4.78 is 1.59. The van der Waals surface area contributed by atoms with Crippen LogP contribution in [0.4, 0.5) is 0 Å². The number of carbonyl (C=O) groups is 2. The lowest BCUT2D eigenvalue weighted by molar-refractivity contribution is 0.0655. The molecule has 32 heavy (non-hydrogen) atoms. The largest absolute Gasteiger partial charge is 0.274 e. The summed E-state index contributed by atoms with van der Waals surface area (Å²) >= 11 is 0. The maximum Gasteiger partial charge on any atom is 0.265 e. The second-order valence-corrected chi connectivity index (χ2v) is 8.01. The number of carbonyl (C=O) groups excluding carboxylic acids is 2. The van der Waals surface area contributed by atoms with E-state index in [-0.39, 0.29) is 30.3 Å².